The summed E-state index contributed by atoms with van der Waals surface area (Å²) in [4.78, 5) is 4.21. The van der Waals surface area contributed by atoms with Gasteiger partial charge in [0.25, 0.3) is 0 Å². The maximum absolute atomic E-state index is 9.77. The molecule has 1 aliphatic rings. The normalized spacial score (nSPS) is 14.9. The average molecular weight is 421 g/mol. The molecule has 0 fully saturated rings. The van der Waals surface area contributed by atoms with Crippen molar-refractivity contribution in [2.75, 3.05) is 0 Å². The number of fused-ring (bicyclic) bond motifs is 1. The summed E-state index contributed by atoms with van der Waals surface area (Å²) in [5.41, 5.74) is 10.7. The van der Waals surface area contributed by atoms with Crippen LogP contribution in [0.3, 0.4) is 0 Å². The van der Waals surface area contributed by atoms with Gasteiger partial charge in [0, 0.05) is 18.0 Å². The summed E-state index contributed by atoms with van der Waals surface area (Å²) in [6.45, 7) is 0.492. The molecule has 0 unspecified atom stereocenters. The average Bonchev–Trinajstić information content (AvgIpc) is 3.26. The molecule has 0 bridgehead atoms. The van der Waals surface area contributed by atoms with Crippen LogP contribution in [0.25, 0.3) is 11.3 Å². The van der Waals surface area contributed by atoms with Gasteiger partial charge in [-0.3, -0.25) is 10.1 Å². The summed E-state index contributed by atoms with van der Waals surface area (Å²) in [6.07, 6.45) is 3.41. The molecule has 156 valence electrons. The largest absolute Gasteiger partial charge is 0.489 e. The van der Waals surface area contributed by atoms with E-state index in [2.05, 4.69) is 21.3 Å². The molecule has 5 rings (SSSR count). The second-order valence-electron chi connectivity index (χ2n) is 7.33. The molecule has 0 saturated heterocycles. The number of hydrogen-bond donors (Lipinski definition) is 2. The fraction of sp³-hybridized carbons (Fsp3) is 0.0800. The summed E-state index contributed by atoms with van der Waals surface area (Å²) in [5, 5.41) is 17.1. The third kappa shape index (κ3) is 3.55. The number of ether oxygens (including phenoxy) is 2. The fourth-order valence-electron chi connectivity index (χ4n) is 3.80. The Hall–Kier alpha value is -4.57. The van der Waals surface area contributed by atoms with Gasteiger partial charge in [-0.1, -0.05) is 36.4 Å². The molecule has 0 radical (unpaired) electrons. The number of nitrogens with two attached hydrogens (primary N) is 1. The van der Waals surface area contributed by atoms with Gasteiger partial charge in [0.1, 0.15) is 24.0 Å². The zero-order valence-electron chi connectivity index (χ0n) is 17.0. The van der Waals surface area contributed by atoms with Crippen LogP contribution in [-0.2, 0) is 6.61 Å². The van der Waals surface area contributed by atoms with Crippen molar-refractivity contribution >= 4 is 0 Å². The minimum atomic E-state index is -0.430. The van der Waals surface area contributed by atoms with E-state index in [4.69, 9.17) is 15.2 Å². The van der Waals surface area contributed by atoms with Crippen molar-refractivity contribution in [2.24, 2.45) is 5.73 Å². The molecule has 0 aliphatic carbocycles. The number of H-pyrrole nitrogens is 1. The number of nitriles is 1. The monoisotopic (exact) mass is 421 g/mol. The van der Waals surface area contributed by atoms with E-state index in [-0.39, 0.29) is 5.88 Å². The quantitative estimate of drug-likeness (QED) is 0.498. The number of aromatic nitrogens is 3. The Morgan fingerprint density at radius 3 is 2.59 bits per heavy atom. The van der Waals surface area contributed by atoms with E-state index in [0.29, 0.717) is 18.1 Å². The number of aromatic amines is 1. The minimum absolute atomic E-state index is 0.0524. The van der Waals surface area contributed by atoms with Crippen molar-refractivity contribution in [1.29, 1.82) is 5.26 Å². The lowest BCUT2D eigenvalue weighted by Gasteiger charge is -2.23. The summed E-state index contributed by atoms with van der Waals surface area (Å²) < 4.78 is 11.5. The topological polar surface area (TPSA) is 110 Å². The van der Waals surface area contributed by atoms with Gasteiger partial charge in [0.2, 0.25) is 11.8 Å². The predicted octanol–water partition coefficient (Wildman–Crippen LogP) is 4.27. The second kappa shape index (κ2) is 8.28. The number of rotatable bonds is 5. The molecular weight excluding hydrogens is 402 g/mol. The van der Waals surface area contributed by atoms with E-state index in [0.717, 1.165) is 33.7 Å². The van der Waals surface area contributed by atoms with Gasteiger partial charge in [-0.25, -0.2) is 0 Å². The van der Waals surface area contributed by atoms with Gasteiger partial charge in [0.15, 0.2) is 0 Å². The molecule has 0 amide bonds. The highest BCUT2D eigenvalue weighted by atomic mass is 16.5. The minimum Gasteiger partial charge on any atom is -0.489 e. The number of hydrogen-bond acceptors (Lipinski definition) is 6. The standard InChI is InChI=1S/C25H19N5O2/c26-13-20-21(18-7-4-12-28-14-18)22-23(29-30-25(22)32-24(20)27)17-8-10-19(11-9-17)31-15-16-5-2-1-3-6-16/h1-12,14,21H,15,27H2,(H,29,30)/t21-/m0/s1. The Kier molecular flexibility index (Phi) is 5.02. The Morgan fingerprint density at radius 2 is 1.88 bits per heavy atom. The molecule has 0 saturated carbocycles. The van der Waals surface area contributed by atoms with E-state index < -0.39 is 5.92 Å². The summed E-state index contributed by atoms with van der Waals surface area (Å²) in [7, 11) is 0. The summed E-state index contributed by atoms with van der Waals surface area (Å²) >= 11 is 0. The van der Waals surface area contributed by atoms with Gasteiger partial charge in [-0.05, 0) is 41.5 Å². The summed E-state index contributed by atoms with van der Waals surface area (Å²) in [6, 6.07) is 23.6. The molecule has 7 heteroatoms. The Bertz CT molecular complexity index is 1310. The van der Waals surface area contributed by atoms with Crippen molar-refractivity contribution in [1.82, 2.24) is 15.2 Å². The zero-order chi connectivity index (χ0) is 21.9. The molecule has 3 heterocycles. The number of nitrogens with zero attached hydrogens (tertiary/aromatic N) is 3. The van der Waals surface area contributed by atoms with Gasteiger partial charge >= 0.3 is 0 Å². The lowest BCUT2D eigenvalue weighted by molar-refractivity contribution is 0.306. The lowest BCUT2D eigenvalue weighted by Crippen LogP contribution is -2.21. The first-order valence-electron chi connectivity index (χ1n) is 10.1. The van der Waals surface area contributed by atoms with Crippen LogP contribution >= 0.6 is 0 Å². The van der Waals surface area contributed by atoms with Crippen LogP contribution in [0, 0.1) is 11.3 Å². The van der Waals surface area contributed by atoms with Crippen LogP contribution in [0.2, 0.25) is 0 Å². The molecule has 4 aromatic rings. The van der Waals surface area contributed by atoms with Crippen LogP contribution in [-0.4, -0.2) is 15.2 Å². The van der Waals surface area contributed by atoms with Crippen molar-refractivity contribution < 1.29 is 9.47 Å². The first kappa shape index (κ1) is 19.4. The Labute approximate surface area is 184 Å². The number of benzene rings is 2. The maximum atomic E-state index is 9.77. The fourth-order valence-corrected chi connectivity index (χ4v) is 3.80. The first-order chi connectivity index (χ1) is 15.7. The Balaban J connectivity index is 1.48. The smallest absolute Gasteiger partial charge is 0.244 e. The van der Waals surface area contributed by atoms with Crippen LogP contribution in [0.5, 0.6) is 11.6 Å². The maximum Gasteiger partial charge on any atom is 0.244 e. The molecule has 1 atom stereocenters. The molecule has 0 spiro atoms. The molecule has 2 aromatic heterocycles. The van der Waals surface area contributed by atoms with Crippen LogP contribution in [0.15, 0.2) is 90.6 Å². The van der Waals surface area contributed by atoms with Gasteiger partial charge in [0.05, 0.1) is 17.2 Å². The van der Waals surface area contributed by atoms with Crippen LogP contribution < -0.4 is 15.2 Å². The predicted molar refractivity (Wildman–Crippen MR) is 118 cm³/mol. The number of allylic oxidation sites excluding steroid dienone is 1. The van der Waals surface area contributed by atoms with Crippen LogP contribution in [0.1, 0.15) is 22.6 Å². The highest BCUT2D eigenvalue weighted by Crippen LogP contribution is 2.45. The van der Waals surface area contributed by atoms with Crippen molar-refractivity contribution in [2.45, 2.75) is 12.5 Å². The molecule has 1 aliphatic heterocycles. The first-order valence-corrected chi connectivity index (χ1v) is 10.1. The Morgan fingerprint density at radius 1 is 1.06 bits per heavy atom. The molecule has 2 aromatic carbocycles. The molecule has 3 N–H and O–H groups in total. The number of pyridine rings is 1. The van der Waals surface area contributed by atoms with Crippen molar-refractivity contribution in [3.8, 4) is 29.0 Å². The van der Waals surface area contributed by atoms with Crippen LogP contribution in [0.4, 0.5) is 0 Å². The second-order valence-corrected chi connectivity index (χ2v) is 7.33. The zero-order valence-corrected chi connectivity index (χ0v) is 17.0. The molecule has 32 heavy (non-hydrogen) atoms. The molecular formula is C25H19N5O2. The van der Waals surface area contributed by atoms with E-state index >= 15 is 0 Å². The van der Waals surface area contributed by atoms with E-state index in [1.54, 1.807) is 12.4 Å². The highest BCUT2D eigenvalue weighted by molar-refractivity contribution is 5.71. The molecule has 7 nitrogen and oxygen atoms in total. The lowest BCUT2D eigenvalue weighted by atomic mass is 9.84. The van der Waals surface area contributed by atoms with Crippen molar-refractivity contribution in [3.63, 3.8) is 0 Å². The SMILES string of the molecule is N#CC1=C(N)Oc2n[nH]c(-c3ccc(OCc4ccccc4)cc3)c2[C@H]1c1cccnc1. The summed E-state index contributed by atoms with van der Waals surface area (Å²) in [5.74, 6) is 0.736. The van der Waals surface area contributed by atoms with Gasteiger partial charge in [-0.15, -0.1) is 5.10 Å². The van der Waals surface area contributed by atoms with E-state index in [1.807, 2.05) is 66.7 Å². The van der Waals surface area contributed by atoms with Gasteiger partial charge in [-0.2, -0.15) is 5.26 Å². The van der Waals surface area contributed by atoms with Crippen molar-refractivity contribution in [3.05, 3.63) is 107 Å². The third-order valence-electron chi connectivity index (χ3n) is 5.35. The number of nitrogens with one attached hydrogen (secondary N) is 1. The third-order valence-corrected chi connectivity index (χ3v) is 5.35. The van der Waals surface area contributed by atoms with E-state index in [9.17, 15) is 5.26 Å². The highest BCUT2D eigenvalue weighted by Gasteiger charge is 2.35. The van der Waals surface area contributed by atoms with Gasteiger partial charge < -0.3 is 15.2 Å². The van der Waals surface area contributed by atoms with E-state index in [1.165, 1.54) is 0 Å².